The molecular formula is C22H20N2O3. The number of benzene rings is 2. The topological polar surface area (TPSA) is 65.1 Å². The minimum Gasteiger partial charge on any atom is -0.437 e. The lowest BCUT2D eigenvalue weighted by Gasteiger charge is -2.21. The van der Waals surface area contributed by atoms with Crippen LogP contribution in [0.25, 0.3) is 22.1 Å². The molecule has 0 N–H and O–H groups in total. The quantitative estimate of drug-likeness (QED) is 0.513. The molecule has 136 valence electrons. The molecule has 2 aromatic heterocycles. The summed E-state index contributed by atoms with van der Waals surface area (Å²) in [5.74, 6) is 0.590. The van der Waals surface area contributed by atoms with E-state index in [1.165, 1.54) is 0 Å². The molecule has 0 amide bonds. The summed E-state index contributed by atoms with van der Waals surface area (Å²) >= 11 is 0. The Balaban J connectivity index is 2.12. The van der Waals surface area contributed by atoms with Crippen molar-refractivity contribution in [3.8, 4) is 0 Å². The van der Waals surface area contributed by atoms with E-state index in [-0.39, 0.29) is 34.0 Å². The number of rotatable bonds is 3. The fourth-order valence-electron chi connectivity index (χ4n) is 3.44. The van der Waals surface area contributed by atoms with Crippen LogP contribution in [0.5, 0.6) is 0 Å². The molecule has 0 saturated heterocycles. The number of para-hydroxylation sites is 1. The van der Waals surface area contributed by atoms with E-state index in [1.807, 2.05) is 51.1 Å². The molecule has 5 heteroatoms. The fourth-order valence-corrected chi connectivity index (χ4v) is 3.44. The minimum absolute atomic E-state index is 0.000816. The summed E-state index contributed by atoms with van der Waals surface area (Å²) in [6.07, 6.45) is 0. The van der Waals surface area contributed by atoms with Crippen LogP contribution in [0.3, 0.4) is 0 Å². The van der Waals surface area contributed by atoms with E-state index in [0.29, 0.717) is 16.8 Å². The number of hydrogen-bond donors (Lipinski definition) is 0. The van der Waals surface area contributed by atoms with Gasteiger partial charge in [-0.15, -0.1) is 0 Å². The lowest BCUT2D eigenvalue weighted by Crippen LogP contribution is -2.32. The maximum atomic E-state index is 13.4. The van der Waals surface area contributed by atoms with Gasteiger partial charge >= 0.3 is 0 Å². The molecule has 0 aliphatic heterocycles. The zero-order valence-corrected chi connectivity index (χ0v) is 15.5. The van der Waals surface area contributed by atoms with Crippen molar-refractivity contribution in [2.45, 2.75) is 32.7 Å². The van der Waals surface area contributed by atoms with Crippen LogP contribution in [0.1, 0.15) is 44.1 Å². The average Bonchev–Trinajstić information content (AvgIpc) is 2.68. The van der Waals surface area contributed by atoms with Gasteiger partial charge in [-0.1, -0.05) is 56.3 Å². The van der Waals surface area contributed by atoms with E-state index in [2.05, 4.69) is 4.98 Å². The molecule has 0 spiro atoms. The third kappa shape index (κ3) is 2.76. The Bertz CT molecular complexity index is 1250. The Morgan fingerprint density at radius 2 is 1.59 bits per heavy atom. The van der Waals surface area contributed by atoms with Gasteiger partial charge in [0.1, 0.15) is 11.4 Å². The standard InChI is InChI=1S/C22H20N2O3/c1-13(2)20-23-21-18(19(25)16-11-7-8-12-17(16)27-21)22(26)24(20)14(3)15-9-5-4-6-10-15/h4-14H,1-3H3/t14-/m1/s1. The zero-order chi connectivity index (χ0) is 19.1. The lowest BCUT2D eigenvalue weighted by atomic mass is 10.1. The Morgan fingerprint density at radius 1 is 0.926 bits per heavy atom. The Kier molecular flexibility index (Phi) is 4.15. The number of fused-ring (bicyclic) bond motifs is 2. The highest BCUT2D eigenvalue weighted by atomic mass is 16.3. The van der Waals surface area contributed by atoms with E-state index < -0.39 is 0 Å². The van der Waals surface area contributed by atoms with Gasteiger partial charge in [0.15, 0.2) is 5.39 Å². The van der Waals surface area contributed by atoms with E-state index in [1.54, 1.807) is 28.8 Å². The smallest absolute Gasteiger partial charge is 0.269 e. The first kappa shape index (κ1) is 17.2. The predicted molar refractivity (Wildman–Crippen MR) is 106 cm³/mol. The summed E-state index contributed by atoms with van der Waals surface area (Å²) in [5, 5.41) is 0.390. The van der Waals surface area contributed by atoms with Gasteiger partial charge in [-0.05, 0) is 24.6 Å². The van der Waals surface area contributed by atoms with Gasteiger partial charge in [0.05, 0.1) is 11.4 Å². The monoisotopic (exact) mass is 360 g/mol. The summed E-state index contributed by atoms with van der Waals surface area (Å²) in [6.45, 7) is 5.89. The van der Waals surface area contributed by atoms with Gasteiger partial charge in [-0.2, -0.15) is 4.98 Å². The lowest BCUT2D eigenvalue weighted by molar-refractivity contribution is 0.536. The van der Waals surface area contributed by atoms with Crippen LogP contribution in [0.2, 0.25) is 0 Å². The van der Waals surface area contributed by atoms with Gasteiger partial charge in [0.25, 0.3) is 5.56 Å². The van der Waals surface area contributed by atoms with Crippen LogP contribution in [-0.4, -0.2) is 9.55 Å². The Morgan fingerprint density at radius 3 is 2.30 bits per heavy atom. The van der Waals surface area contributed by atoms with Crippen molar-refractivity contribution in [2.75, 3.05) is 0 Å². The van der Waals surface area contributed by atoms with E-state index in [9.17, 15) is 9.59 Å². The highest BCUT2D eigenvalue weighted by Crippen LogP contribution is 2.23. The molecule has 0 bridgehead atoms. The van der Waals surface area contributed by atoms with E-state index in [4.69, 9.17) is 4.42 Å². The van der Waals surface area contributed by atoms with Crippen molar-refractivity contribution in [3.05, 3.63) is 86.6 Å². The van der Waals surface area contributed by atoms with Crippen LogP contribution >= 0.6 is 0 Å². The third-order valence-corrected chi connectivity index (χ3v) is 4.86. The van der Waals surface area contributed by atoms with Gasteiger partial charge in [0, 0.05) is 5.92 Å². The number of aromatic nitrogens is 2. The summed E-state index contributed by atoms with van der Waals surface area (Å²) in [5.41, 5.74) is 0.815. The molecule has 0 aliphatic carbocycles. The highest BCUT2D eigenvalue weighted by molar-refractivity contribution is 5.87. The molecule has 5 nitrogen and oxygen atoms in total. The molecule has 0 radical (unpaired) electrons. The molecule has 1 atom stereocenters. The summed E-state index contributed by atoms with van der Waals surface area (Å²) < 4.78 is 7.43. The molecule has 2 aromatic carbocycles. The van der Waals surface area contributed by atoms with Crippen molar-refractivity contribution in [3.63, 3.8) is 0 Å². The number of nitrogens with zero attached hydrogens (tertiary/aromatic N) is 2. The van der Waals surface area contributed by atoms with Gasteiger partial charge < -0.3 is 4.42 Å². The van der Waals surface area contributed by atoms with E-state index >= 15 is 0 Å². The molecule has 2 heterocycles. The molecule has 0 unspecified atom stereocenters. The summed E-state index contributed by atoms with van der Waals surface area (Å²) in [4.78, 5) is 31.0. The normalized spacial score (nSPS) is 12.7. The van der Waals surface area contributed by atoms with Crippen molar-refractivity contribution >= 4 is 22.1 Å². The summed E-state index contributed by atoms with van der Waals surface area (Å²) in [7, 11) is 0. The van der Waals surface area contributed by atoms with Gasteiger partial charge in [-0.25, -0.2) is 0 Å². The van der Waals surface area contributed by atoms with Crippen molar-refractivity contribution < 1.29 is 4.42 Å². The van der Waals surface area contributed by atoms with Crippen molar-refractivity contribution in [1.82, 2.24) is 9.55 Å². The first-order valence-electron chi connectivity index (χ1n) is 9.02. The number of hydrogen-bond acceptors (Lipinski definition) is 4. The van der Waals surface area contributed by atoms with Crippen LogP contribution in [0.4, 0.5) is 0 Å². The third-order valence-electron chi connectivity index (χ3n) is 4.86. The second-order valence-electron chi connectivity index (χ2n) is 6.99. The molecular weight excluding hydrogens is 340 g/mol. The fraction of sp³-hybridized carbons (Fsp3) is 0.227. The van der Waals surface area contributed by atoms with Crippen LogP contribution < -0.4 is 11.0 Å². The SMILES string of the molecule is CC(C)c1nc2oc3ccccc3c(=O)c2c(=O)n1[C@H](C)c1ccccc1. The predicted octanol–water partition coefficient (Wildman–Crippen LogP) is 4.24. The second-order valence-corrected chi connectivity index (χ2v) is 6.99. The Hall–Kier alpha value is -3.21. The maximum absolute atomic E-state index is 13.4. The van der Waals surface area contributed by atoms with Crippen LogP contribution in [0.15, 0.2) is 68.6 Å². The molecule has 0 fully saturated rings. The van der Waals surface area contributed by atoms with Gasteiger partial charge in [-0.3, -0.25) is 14.2 Å². The van der Waals surface area contributed by atoms with Crippen LogP contribution in [-0.2, 0) is 0 Å². The molecule has 0 saturated carbocycles. The van der Waals surface area contributed by atoms with Gasteiger partial charge in [0.2, 0.25) is 11.1 Å². The Labute approximate surface area is 155 Å². The first-order valence-corrected chi connectivity index (χ1v) is 9.02. The van der Waals surface area contributed by atoms with Crippen LogP contribution in [0, 0.1) is 0 Å². The van der Waals surface area contributed by atoms with Crippen molar-refractivity contribution in [1.29, 1.82) is 0 Å². The molecule has 27 heavy (non-hydrogen) atoms. The minimum atomic E-state index is -0.362. The maximum Gasteiger partial charge on any atom is 0.269 e. The van der Waals surface area contributed by atoms with E-state index in [0.717, 1.165) is 5.56 Å². The van der Waals surface area contributed by atoms with Crippen molar-refractivity contribution in [2.24, 2.45) is 0 Å². The molecule has 4 rings (SSSR count). The summed E-state index contributed by atoms with van der Waals surface area (Å²) in [6, 6.07) is 16.4. The molecule has 0 aliphatic rings. The zero-order valence-electron chi connectivity index (χ0n) is 15.5. The second kappa shape index (κ2) is 6.50. The average molecular weight is 360 g/mol. The first-order chi connectivity index (χ1) is 13.0. The molecule has 4 aromatic rings. The largest absolute Gasteiger partial charge is 0.437 e. The highest BCUT2D eigenvalue weighted by Gasteiger charge is 2.22.